The van der Waals surface area contributed by atoms with Gasteiger partial charge < -0.3 is 9.84 Å². The molecule has 0 bridgehead atoms. The van der Waals surface area contributed by atoms with Crippen LogP contribution >= 0.6 is 0 Å². The molecule has 1 N–H and O–H groups in total. The molecule has 4 rings (SSSR count). The number of hydroxylamine groups is 2. The van der Waals surface area contributed by atoms with E-state index < -0.39 is 0 Å². The Labute approximate surface area is 120 Å². The fourth-order valence-electron chi connectivity index (χ4n) is 4.72. The van der Waals surface area contributed by atoms with E-state index in [0.717, 1.165) is 25.1 Å². The Morgan fingerprint density at radius 3 is 3.20 bits per heavy atom. The molecule has 1 fully saturated rings. The molecule has 0 radical (unpaired) electrons. The van der Waals surface area contributed by atoms with Gasteiger partial charge in [-0.15, -0.1) is 0 Å². The van der Waals surface area contributed by atoms with Crippen molar-refractivity contribution < 1.29 is 14.7 Å². The molecule has 1 unspecified atom stereocenters. The maximum Gasteiger partial charge on any atom is 0.111 e. The third-order valence-corrected chi connectivity index (χ3v) is 5.53. The van der Waals surface area contributed by atoms with Gasteiger partial charge in [-0.25, -0.2) is 0 Å². The van der Waals surface area contributed by atoms with Crippen molar-refractivity contribution in [3.05, 3.63) is 23.6 Å². The lowest BCUT2D eigenvalue weighted by Crippen LogP contribution is -2.38. The monoisotopic (exact) mass is 277 g/mol. The molecule has 0 aromatic carbocycles. The summed E-state index contributed by atoms with van der Waals surface area (Å²) in [6.07, 6.45) is 10.8. The number of rotatable bonds is 1. The second-order valence-electron chi connectivity index (χ2n) is 6.62. The Morgan fingerprint density at radius 2 is 2.35 bits per heavy atom. The molecule has 4 nitrogen and oxygen atoms in total. The van der Waals surface area contributed by atoms with Crippen molar-refractivity contribution in [1.29, 1.82) is 0 Å². The first-order chi connectivity index (χ1) is 9.73. The van der Waals surface area contributed by atoms with Crippen LogP contribution in [-0.2, 0) is 9.57 Å². The Bertz CT molecular complexity index is 472. The van der Waals surface area contributed by atoms with Gasteiger partial charge in [0.25, 0.3) is 0 Å². The van der Waals surface area contributed by atoms with Crippen molar-refractivity contribution in [2.45, 2.75) is 50.7 Å². The van der Waals surface area contributed by atoms with Crippen LogP contribution in [0.4, 0.5) is 0 Å². The summed E-state index contributed by atoms with van der Waals surface area (Å²) in [6, 6.07) is 0. The number of aliphatic hydroxyl groups excluding tert-OH is 1. The molecule has 0 amide bonds. The first kappa shape index (κ1) is 12.7. The number of nitrogens with zero attached hydrogens (tertiary/aromatic N) is 1. The zero-order chi connectivity index (χ0) is 13.7. The van der Waals surface area contributed by atoms with Crippen molar-refractivity contribution in [2.75, 3.05) is 13.7 Å². The summed E-state index contributed by atoms with van der Waals surface area (Å²) < 4.78 is 6.28. The predicted octanol–water partition coefficient (Wildman–Crippen LogP) is 2.36. The summed E-state index contributed by atoms with van der Waals surface area (Å²) in [6.45, 7) is 0.820. The van der Waals surface area contributed by atoms with Crippen LogP contribution < -0.4 is 0 Å². The minimum absolute atomic E-state index is 0.0751. The van der Waals surface area contributed by atoms with E-state index in [4.69, 9.17) is 9.57 Å². The smallest absolute Gasteiger partial charge is 0.111 e. The number of hydrogen-bond acceptors (Lipinski definition) is 4. The van der Waals surface area contributed by atoms with Crippen LogP contribution in [0.1, 0.15) is 38.5 Å². The topological polar surface area (TPSA) is 41.9 Å². The second kappa shape index (κ2) is 4.50. The Balaban J connectivity index is 1.81. The van der Waals surface area contributed by atoms with Gasteiger partial charge in [-0.3, -0.25) is 9.90 Å². The Kier molecular flexibility index (Phi) is 2.86. The molecule has 4 atom stereocenters. The summed E-state index contributed by atoms with van der Waals surface area (Å²) in [5.41, 5.74) is 1.55. The van der Waals surface area contributed by atoms with E-state index >= 15 is 0 Å². The minimum Gasteiger partial charge on any atom is -0.493 e. The second-order valence-corrected chi connectivity index (χ2v) is 6.62. The van der Waals surface area contributed by atoms with E-state index in [1.54, 1.807) is 7.11 Å². The molecule has 1 spiro atoms. The first-order valence-corrected chi connectivity index (χ1v) is 7.81. The Morgan fingerprint density at radius 1 is 1.45 bits per heavy atom. The van der Waals surface area contributed by atoms with E-state index in [2.05, 4.69) is 12.3 Å². The normalized spacial score (nSPS) is 42.9. The SMILES string of the molecule is CON1C=CC23CCCC[C@@H]2OC2=C3[C@H](C[C@@H](O)C2)C1. The van der Waals surface area contributed by atoms with Crippen molar-refractivity contribution in [2.24, 2.45) is 11.3 Å². The van der Waals surface area contributed by atoms with E-state index in [9.17, 15) is 5.11 Å². The average Bonchev–Trinajstić information content (AvgIpc) is 2.68. The van der Waals surface area contributed by atoms with Gasteiger partial charge in [-0.2, -0.15) is 0 Å². The molecule has 1 saturated carbocycles. The number of aliphatic hydroxyl groups is 1. The van der Waals surface area contributed by atoms with Crippen LogP contribution in [0.2, 0.25) is 0 Å². The molecular weight excluding hydrogens is 254 g/mol. The molecule has 2 aliphatic carbocycles. The van der Waals surface area contributed by atoms with Crippen molar-refractivity contribution in [3.8, 4) is 0 Å². The van der Waals surface area contributed by atoms with Gasteiger partial charge >= 0.3 is 0 Å². The average molecular weight is 277 g/mol. The summed E-state index contributed by atoms with van der Waals surface area (Å²) in [4.78, 5) is 5.44. The molecule has 110 valence electrons. The minimum atomic E-state index is -0.271. The van der Waals surface area contributed by atoms with Gasteiger partial charge in [-0.05, 0) is 31.3 Å². The van der Waals surface area contributed by atoms with Crippen molar-refractivity contribution in [1.82, 2.24) is 5.06 Å². The van der Waals surface area contributed by atoms with Crippen molar-refractivity contribution in [3.63, 3.8) is 0 Å². The van der Waals surface area contributed by atoms with E-state index in [1.165, 1.54) is 24.8 Å². The highest BCUT2D eigenvalue weighted by Crippen LogP contribution is 2.58. The van der Waals surface area contributed by atoms with E-state index in [1.807, 2.05) is 5.06 Å². The first-order valence-electron chi connectivity index (χ1n) is 7.81. The third kappa shape index (κ3) is 1.67. The fraction of sp³-hybridized carbons (Fsp3) is 0.750. The molecule has 0 aromatic heterocycles. The molecule has 20 heavy (non-hydrogen) atoms. The molecule has 0 saturated heterocycles. The van der Waals surface area contributed by atoms with Crippen molar-refractivity contribution >= 4 is 0 Å². The quantitative estimate of drug-likeness (QED) is 0.799. The third-order valence-electron chi connectivity index (χ3n) is 5.53. The standard InChI is InChI=1S/C16H23NO3/c1-19-17-7-6-16-5-3-2-4-14(16)20-13-9-12(18)8-11(10-17)15(13)16/h6-7,11-12,14,18H,2-5,8-10H2,1H3/t11-,12-,14+,16?/m1/s1. The number of ether oxygens (including phenoxy) is 1. The lowest BCUT2D eigenvalue weighted by atomic mass is 9.63. The van der Waals surface area contributed by atoms with Gasteiger partial charge in [0.1, 0.15) is 6.10 Å². The molecule has 4 aliphatic rings. The van der Waals surface area contributed by atoms with Crippen LogP contribution in [0.25, 0.3) is 0 Å². The van der Waals surface area contributed by atoms with Gasteiger partial charge in [-0.1, -0.05) is 12.5 Å². The fourth-order valence-corrected chi connectivity index (χ4v) is 4.72. The van der Waals surface area contributed by atoms with E-state index in [-0.39, 0.29) is 17.6 Å². The molecular formula is C16H23NO3. The predicted molar refractivity (Wildman–Crippen MR) is 74.4 cm³/mol. The summed E-state index contributed by atoms with van der Waals surface area (Å²) in [5, 5.41) is 12.1. The summed E-state index contributed by atoms with van der Waals surface area (Å²) in [5.74, 6) is 1.44. The van der Waals surface area contributed by atoms with Crippen LogP contribution in [0.3, 0.4) is 0 Å². The highest BCUT2D eigenvalue weighted by molar-refractivity contribution is 5.38. The van der Waals surface area contributed by atoms with Gasteiger partial charge in [0, 0.05) is 18.5 Å². The zero-order valence-corrected chi connectivity index (χ0v) is 12.0. The molecule has 2 aliphatic heterocycles. The maximum atomic E-state index is 10.2. The summed E-state index contributed by atoms with van der Waals surface area (Å²) >= 11 is 0. The Hall–Kier alpha value is -1.00. The molecule has 4 heteroatoms. The van der Waals surface area contributed by atoms with Gasteiger partial charge in [0.15, 0.2) is 0 Å². The maximum absolute atomic E-state index is 10.2. The number of hydrogen-bond donors (Lipinski definition) is 1. The molecule has 2 heterocycles. The highest BCUT2D eigenvalue weighted by Gasteiger charge is 2.54. The lowest BCUT2D eigenvalue weighted by molar-refractivity contribution is -0.0967. The molecule has 0 aromatic rings. The van der Waals surface area contributed by atoms with Crippen LogP contribution in [0.15, 0.2) is 23.6 Å². The van der Waals surface area contributed by atoms with Crippen LogP contribution in [-0.4, -0.2) is 36.0 Å². The zero-order valence-electron chi connectivity index (χ0n) is 12.0. The van der Waals surface area contributed by atoms with Crippen LogP contribution in [0, 0.1) is 11.3 Å². The van der Waals surface area contributed by atoms with Gasteiger partial charge in [0.2, 0.25) is 0 Å². The highest BCUT2D eigenvalue weighted by atomic mass is 16.7. The van der Waals surface area contributed by atoms with E-state index in [0.29, 0.717) is 12.3 Å². The van der Waals surface area contributed by atoms with Crippen LogP contribution in [0.5, 0.6) is 0 Å². The lowest BCUT2D eigenvalue weighted by Gasteiger charge is -2.39. The summed E-state index contributed by atoms with van der Waals surface area (Å²) in [7, 11) is 1.71. The van der Waals surface area contributed by atoms with Gasteiger partial charge in [0.05, 0.1) is 30.9 Å². The largest absolute Gasteiger partial charge is 0.493 e.